The molecule has 6 atom stereocenters. The number of aliphatic carboxylic acids is 1. The van der Waals surface area contributed by atoms with E-state index >= 15 is 0 Å². The van der Waals surface area contributed by atoms with Crippen LogP contribution in [0.25, 0.3) is 0 Å². The third-order valence-electron chi connectivity index (χ3n) is 16.6. The molecule has 1 aliphatic rings. The third-order valence-corrected chi connectivity index (χ3v) is 16.6. The zero-order chi connectivity index (χ0) is 63.1. The Labute approximate surface area is 532 Å². The zero-order valence-electron chi connectivity index (χ0n) is 56.0. The predicted molar refractivity (Wildman–Crippen MR) is 359 cm³/mol. The van der Waals surface area contributed by atoms with Crippen molar-refractivity contribution >= 4 is 23.9 Å². The van der Waals surface area contributed by atoms with Crippen LogP contribution in [-0.2, 0) is 42.9 Å². The molecule has 6 unspecified atom stereocenters. The van der Waals surface area contributed by atoms with Crippen LogP contribution < -0.4 is 0 Å². The summed E-state index contributed by atoms with van der Waals surface area (Å²) in [7, 11) is 0. The molecule has 0 aromatic rings. The number of hydrogen-bond acceptors (Lipinski definition) is 11. The van der Waals surface area contributed by atoms with Gasteiger partial charge in [-0.2, -0.15) is 0 Å². The van der Waals surface area contributed by atoms with E-state index in [1.54, 1.807) is 0 Å². The summed E-state index contributed by atoms with van der Waals surface area (Å²) in [4.78, 5) is 51.5. The molecular weight excluding hydrogens is 1090 g/mol. The van der Waals surface area contributed by atoms with Gasteiger partial charge in [0, 0.05) is 19.3 Å². The first-order chi connectivity index (χ1) is 42.6. The van der Waals surface area contributed by atoms with E-state index in [0.717, 1.165) is 96.3 Å². The molecule has 0 aromatic carbocycles. The fourth-order valence-electron chi connectivity index (χ4n) is 11.1. The van der Waals surface area contributed by atoms with Crippen LogP contribution in [0.3, 0.4) is 0 Å². The first-order valence-electron chi connectivity index (χ1n) is 36.3. The largest absolute Gasteiger partial charge is 0.479 e. The summed E-state index contributed by atoms with van der Waals surface area (Å²) in [6.45, 7) is 5.93. The average Bonchev–Trinajstić information content (AvgIpc) is 2.56. The van der Waals surface area contributed by atoms with Gasteiger partial charge in [0.15, 0.2) is 24.6 Å². The Bertz CT molecular complexity index is 1740. The van der Waals surface area contributed by atoms with Crippen molar-refractivity contribution in [1.82, 2.24) is 0 Å². The van der Waals surface area contributed by atoms with Crippen molar-refractivity contribution in [3.63, 3.8) is 0 Å². The van der Waals surface area contributed by atoms with Gasteiger partial charge in [-0.05, 0) is 64.2 Å². The maximum absolute atomic E-state index is 13.3. The molecule has 1 aliphatic heterocycles. The van der Waals surface area contributed by atoms with Crippen molar-refractivity contribution in [2.24, 2.45) is 0 Å². The summed E-state index contributed by atoms with van der Waals surface area (Å²) in [6.07, 6.45) is 67.5. The van der Waals surface area contributed by atoms with Crippen molar-refractivity contribution in [3.8, 4) is 0 Å². The molecule has 504 valence electrons. The van der Waals surface area contributed by atoms with Crippen molar-refractivity contribution in [1.29, 1.82) is 0 Å². The Balaban J connectivity index is 2.63. The van der Waals surface area contributed by atoms with Gasteiger partial charge in [-0.3, -0.25) is 14.4 Å². The number of rotatable bonds is 63. The Morgan fingerprint density at radius 2 is 0.724 bits per heavy atom. The van der Waals surface area contributed by atoms with E-state index < -0.39 is 67.3 Å². The fraction of sp³-hybridized carbons (Fsp3) is 0.813. The molecule has 1 saturated heterocycles. The second-order valence-electron chi connectivity index (χ2n) is 24.9. The molecule has 12 heteroatoms. The number of hydrogen-bond donors (Lipinski definition) is 3. The van der Waals surface area contributed by atoms with E-state index in [2.05, 4.69) is 81.5 Å². The van der Waals surface area contributed by atoms with Crippen molar-refractivity contribution < 1.29 is 58.2 Å². The highest BCUT2D eigenvalue weighted by atomic mass is 16.7. The molecule has 3 N–H and O–H groups in total. The molecule has 0 aliphatic carbocycles. The Kier molecular flexibility index (Phi) is 58.6. The number of ether oxygens (including phenoxy) is 5. The summed E-state index contributed by atoms with van der Waals surface area (Å²) < 4.78 is 28.6. The maximum atomic E-state index is 13.3. The van der Waals surface area contributed by atoms with E-state index in [0.29, 0.717) is 19.3 Å². The first kappa shape index (κ1) is 81.4. The van der Waals surface area contributed by atoms with Crippen LogP contribution in [0, 0.1) is 0 Å². The number of aliphatic hydroxyl groups is 2. The monoisotopic (exact) mass is 1220 g/mol. The normalized spacial score (nSPS) is 17.6. The molecule has 87 heavy (non-hydrogen) atoms. The van der Waals surface area contributed by atoms with Crippen LogP contribution >= 0.6 is 0 Å². The van der Waals surface area contributed by atoms with Gasteiger partial charge < -0.3 is 39.0 Å². The number of esters is 3. The molecule has 1 rings (SSSR count). The van der Waals surface area contributed by atoms with Crippen LogP contribution in [0.4, 0.5) is 0 Å². The smallest absolute Gasteiger partial charge is 0.335 e. The molecule has 0 spiro atoms. The highest BCUT2D eigenvalue weighted by molar-refractivity contribution is 5.74. The second kappa shape index (κ2) is 62.6. The lowest BCUT2D eigenvalue weighted by molar-refractivity contribution is -0.301. The van der Waals surface area contributed by atoms with Gasteiger partial charge in [0.1, 0.15) is 18.8 Å². The predicted octanol–water partition coefficient (Wildman–Crippen LogP) is 20.2. The number of allylic oxidation sites excluding steroid dienone is 10. The van der Waals surface area contributed by atoms with Crippen LogP contribution in [0.2, 0.25) is 0 Å². The summed E-state index contributed by atoms with van der Waals surface area (Å²) >= 11 is 0. The van der Waals surface area contributed by atoms with Gasteiger partial charge in [-0.15, -0.1) is 0 Å². The lowest BCUT2D eigenvalue weighted by Gasteiger charge is -2.40. The topological polar surface area (TPSA) is 175 Å². The zero-order valence-corrected chi connectivity index (χ0v) is 56.0. The van der Waals surface area contributed by atoms with E-state index in [1.165, 1.54) is 186 Å². The highest BCUT2D eigenvalue weighted by Gasteiger charge is 2.50. The molecule has 0 amide bonds. The van der Waals surface area contributed by atoms with Crippen molar-refractivity contribution in [3.05, 3.63) is 60.8 Å². The molecular formula is C75H132O12. The maximum Gasteiger partial charge on any atom is 0.335 e. The molecule has 0 radical (unpaired) electrons. The van der Waals surface area contributed by atoms with E-state index in [-0.39, 0.29) is 25.9 Å². The molecule has 1 fully saturated rings. The Hall–Kier alpha value is -3.58. The van der Waals surface area contributed by atoms with E-state index in [9.17, 15) is 34.5 Å². The molecule has 0 bridgehead atoms. The van der Waals surface area contributed by atoms with Crippen molar-refractivity contribution in [2.75, 3.05) is 13.2 Å². The van der Waals surface area contributed by atoms with Gasteiger partial charge in [-0.1, -0.05) is 319 Å². The minimum absolute atomic E-state index is 0.0618. The van der Waals surface area contributed by atoms with Gasteiger partial charge in [-0.25, -0.2) is 4.79 Å². The fourth-order valence-corrected chi connectivity index (χ4v) is 11.1. The highest BCUT2D eigenvalue weighted by Crippen LogP contribution is 2.27. The van der Waals surface area contributed by atoms with Crippen molar-refractivity contribution in [2.45, 2.75) is 379 Å². The quantitative estimate of drug-likeness (QED) is 0.0228. The number of carbonyl (C=O) groups is 4. The number of carboxylic acid groups (broad SMARTS) is 1. The lowest BCUT2D eigenvalue weighted by Crippen LogP contribution is -2.61. The Morgan fingerprint density at radius 1 is 0.391 bits per heavy atom. The van der Waals surface area contributed by atoms with E-state index in [4.69, 9.17) is 23.7 Å². The summed E-state index contributed by atoms with van der Waals surface area (Å²) in [5.74, 6) is -3.13. The third kappa shape index (κ3) is 51.8. The van der Waals surface area contributed by atoms with Gasteiger partial charge in [0.2, 0.25) is 0 Å². The summed E-state index contributed by atoms with van der Waals surface area (Å²) in [5.41, 5.74) is 0. The number of carboxylic acids is 1. The standard InChI is InChI=1S/C75H132O12/c1-4-7-10-13-16-19-22-25-28-31-34-37-40-43-46-49-52-55-58-61-67(76)83-64-66(85-68(77)62-59-56-53-50-47-44-41-38-35-32-29-26-23-20-17-14-11-8-5-2)65-84-75-73(71(80)70(79)72(87-75)74(81)82)86-69(78)63-60-57-54-51-48-45-42-39-36-33-30-27-24-21-18-15-12-9-6-3/h7,10,16,19,25,28,34,37,43,46,66,70-73,75,79-80H,4-6,8-9,11-15,17-18,20-24,26-27,29-33,35-36,38-42,44-45,47-65H2,1-3H3,(H,81,82)/b10-7-,19-16-,28-25-,37-34-,46-43-. The van der Waals surface area contributed by atoms with Gasteiger partial charge >= 0.3 is 23.9 Å². The SMILES string of the molecule is CC/C=C\C/C=C\C/C=C\C/C=C\C/C=C\CCCCCC(=O)OCC(COC1OC(C(=O)O)C(O)C(O)C1OC(=O)CCCCCCCCCCCCCCCCCCCCC)OC(=O)CCCCCCCCCCCCCCCCCCCCC. The minimum Gasteiger partial charge on any atom is -0.479 e. The second-order valence-corrected chi connectivity index (χ2v) is 24.9. The molecule has 0 saturated carbocycles. The van der Waals surface area contributed by atoms with Crippen LogP contribution in [0.5, 0.6) is 0 Å². The van der Waals surface area contributed by atoms with E-state index in [1.807, 2.05) is 0 Å². The minimum atomic E-state index is -1.91. The average molecular weight is 1230 g/mol. The number of carbonyl (C=O) groups excluding carboxylic acids is 3. The summed E-state index contributed by atoms with van der Waals surface area (Å²) in [6, 6.07) is 0. The summed E-state index contributed by atoms with van der Waals surface area (Å²) in [5, 5.41) is 31.7. The molecule has 1 heterocycles. The van der Waals surface area contributed by atoms with Crippen LogP contribution in [0.15, 0.2) is 60.8 Å². The first-order valence-corrected chi connectivity index (χ1v) is 36.3. The lowest BCUT2D eigenvalue weighted by atomic mass is 9.98. The molecule has 0 aromatic heterocycles. The van der Waals surface area contributed by atoms with Crippen LogP contribution in [0.1, 0.15) is 342 Å². The van der Waals surface area contributed by atoms with Gasteiger partial charge in [0.05, 0.1) is 6.61 Å². The Morgan fingerprint density at radius 3 is 1.10 bits per heavy atom. The van der Waals surface area contributed by atoms with Crippen LogP contribution in [-0.4, -0.2) is 89.2 Å². The van der Waals surface area contributed by atoms with Gasteiger partial charge in [0.25, 0.3) is 0 Å². The number of aliphatic hydroxyl groups excluding tert-OH is 2. The molecule has 12 nitrogen and oxygen atoms in total. The number of unbranched alkanes of at least 4 members (excludes halogenated alkanes) is 39.